The summed E-state index contributed by atoms with van der Waals surface area (Å²) in [5.74, 6) is 2.38. The van der Waals surface area contributed by atoms with E-state index in [1.807, 2.05) is 12.1 Å². The second-order valence-electron chi connectivity index (χ2n) is 5.63. The molecule has 1 aliphatic rings. The predicted molar refractivity (Wildman–Crippen MR) is 79.5 cm³/mol. The normalized spacial score (nSPS) is 22.9. The lowest BCUT2D eigenvalue weighted by Gasteiger charge is -2.23. The molecular formula is C15H18ClN3O. The molecule has 1 heterocycles. The maximum atomic E-state index is 6.02. The Morgan fingerprint density at radius 1 is 1.35 bits per heavy atom. The highest BCUT2D eigenvalue weighted by molar-refractivity contribution is 6.33. The van der Waals surface area contributed by atoms with Crippen LogP contribution < -0.4 is 5.73 Å². The number of hydrogen-bond donors (Lipinski definition) is 1. The molecule has 2 atom stereocenters. The van der Waals surface area contributed by atoms with Crippen molar-refractivity contribution in [3.63, 3.8) is 0 Å². The van der Waals surface area contributed by atoms with Gasteiger partial charge in [0.2, 0.25) is 0 Å². The molecule has 0 spiro atoms. The monoisotopic (exact) mass is 291 g/mol. The number of nitrogen functional groups attached to an aromatic ring is 1. The number of nitrogens with zero attached hydrogens (tertiary/aromatic N) is 2. The Hall–Kier alpha value is -1.55. The minimum absolute atomic E-state index is 0.400. The Bertz CT molecular complexity index is 611. The van der Waals surface area contributed by atoms with Gasteiger partial charge in [-0.25, -0.2) is 0 Å². The topological polar surface area (TPSA) is 64.9 Å². The molecule has 0 radical (unpaired) electrons. The van der Waals surface area contributed by atoms with Gasteiger partial charge in [-0.15, -0.1) is 0 Å². The van der Waals surface area contributed by atoms with Gasteiger partial charge in [0.05, 0.1) is 16.3 Å². The molecule has 2 unspecified atom stereocenters. The molecule has 0 bridgehead atoms. The van der Waals surface area contributed by atoms with Crippen LogP contribution in [-0.4, -0.2) is 10.1 Å². The Morgan fingerprint density at radius 3 is 3.00 bits per heavy atom. The highest BCUT2D eigenvalue weighted by Gasteiger charge is 2.25. The van der Waals surface area contributed by atoms with E-state index < -0.39 is 0 Å². The summed E-state index contributed by atoms with van der Waals surface area (Å²) in [6, 6.07) is 5.43. The number of anilines is 1. The molecule has 1 fully saturated rings. The van der Waals surface area contributed by atoms with E-state index in [9.17, 15) is 0 Å². The van der Waals surface area contributed by atoms with Gasteiger partial charge in [-0.2, -0.15) is 4.98 Å². The van der Waals surface area contributed by atoms with Crippen LogP contribution in [0.2, 0.25) is 5.02 Å². The van der Waals surface area contributed by atoms with Crippen LogP contribution in [0.3, 0.4) is 0 Å². The smallest absolute Gasteiger partial charge is 0.260 e. The minimum Gasteiger partial charge on any atom is -0.397 e. The standard InChI is InChI=1S/C15H18ClN3O/c1-9-4-2-5-10(8-9)14-18-15(20-19-14)11-6-3-7-12(16)13(11)17/h3,6-7,9-10H,2,4-5,8,17H2,1H3. The fourth-order valence-electron chi connectivity index (χ4n) is 2.90. The van der Waals surface area contributed by atoms with Crippen molar-refractivity contribution < 1.29 is 4.52 Å². The van der Waals surface area contributed by atoms with Crippen molar-refractivity contribution in [2.45, 2.75) is 38.5 Å². The summed E-state index contributed by atoms with van der Waals surface area (Å²) in [5.41, 5.74) is 7.16. The second-order valence-corrected chi connectivity index (χ2v) is 6.03. The lowest BCUT2D eigenvalue weighted by Crippen LogP contribution is -2.12. The molecule has 1 aromatic carbocycles. The van der Waals surface area contributed by atoms with Crippen molar-refractivity contribution in [1.82, 2.24) is 10.1 Å². The first-order valence-electron chi connectivity index (χ1n) is 7.03. The number of halogens is 1. The summed E-state index contributed by atoms with van der Waals surface area (Å²) in [6.45, 7) is 2.28. The molecule has 20 heavy (non-hydrogen) atoms. The van der Waals surface area contributed by atoms with Gasteiger partial charge in [-0.3, -0.25) is 0 Å². The summed E-state index contributed by atoms with van der Waals surface area (Å²) in [4.78, 5) is 4.52. The molecule has 0 aliphatic heterocycles. The number of rotatable bonds is 2. The van der Waals surface area contributed by atoms with Crippen LogP contribution in [-0.2, 0) is 0 Å². The predicted octanol–water partition coefficient (Wildman–Crippen LogP) is 4.27. The molecular weight excluding hydrogens is 274 g/mol. The largest absolute Gasteiger partial charge is 0.397 e. The SMILES string of the molecule is CC1CCCC(c2noc(-c3cccc(Cl)c3N)n2)C1. The fourth-order valence-corrected chi connectivity index (χ4v) is 3.08. The van der Waals surface area contributed by atoms with E-state index in [4.69, 9.17) is 21.9 Å². The average Bonchev–Trinajstić information content (AvgIpc) is 2.91. The quantitative estimate of drug-likeness (QED) is 0.839. The summed E-state index contributed by atoms with van der Waals surface area (Å²) in [7, 11) is 0. The number of benzene rings is 1. The van der Waals surface area contributed by atoms with Gasteiger partial charge in [0.25, 0.3) is 5.89 Å². The molecule has 4 nitrogen and oxygen atoms in total. The third kappa shape index (κ3) is 2.52. The van der Waals surface area contributed by atoms with E-state index in [2.05, 4.69) is 17.1 Å². The first-order chi connectivity index (χ1) is 9.65. The van der Waals surface area contributed by atoms with Gasteiger partial charge in [0.1, 0.15) is 0 Å². The van der Waals surface area contributed by atoms with E-state index in [0.717, 1.165) is 24.6 Å². The lowest BCUT2D eigenvalue weighted by atomic mass is 9.82. The van der Waals surface area contributed by atoms with Crippen molar-refractivity contribution in [3.05, 3.63) is 29.0 Å². The van der Waals surface area contributed by atoms with Gasteiger partial charge >= 0.3 is 0 Å². The summed E-state index contributed by atoms with van der Waals surface area (Å²) >= 11 is 6.02. The molecule has 1 aromatic heterocycles. The zero-order valence-electron chi connectivity index (χ0n) is 11.5. The molecule has 2 aromatic rings. The Morgan fingerprint density at radius 2 is 2.20 bits per heavy atom. The van der Waals surface area contributed by atoms with E-state index in [1.54, 1.807) is 6.07 Å². The van der Waals surface area contributed by atoms with Crippen LogP contribution in [0.1, 0.15) is 44.3 Å². The summed E-state index contributed by atoms with van der Waals surface area (Å²) in [6.07, 6.45) is 4.79. The molecule has 0 amide bonds. The Labute approximate surface area is 123 Å². The van der Waals surface area contributed by atoms with Crippen molar-refractivity contribution >= 4 is 17.3 Å². The van der Waals surface area contributed by atoms with Gasteiger partial charge in [-0.05, 0) is 30.9 Å². The van der Waals surface area contributed by atoms with Gasteiger partial charge in [-0.1, -0.05) is 42.6 Å². The van der Waals surface area contributed by atoms with Crippen LogP contribution in [0.5, 0.6) is 0 Å². The number of nitrogens with two attached hydrogens (primary N) is 1. The van der Waals surface area contributed by atoms with E-state index in [-0.39, 0.29) is 0 Å². The molecule has 2 N–H and O–H groups in total. The maximum Gasteiger partial charge on any atom is 0.260 e. The summed E-state index contributed by atoms with van der Waals surface area (Å²) < 4.78 is 5.38. The minimum atomic E-state index is 0.400. The van der Waals surface area contributed by atoms with E-state index >= 15 is 0 Å². The highest BCUT2D eigenvalue weighted by Crippen LogP contribution is 2.36. The van der Waals surface area contributed by atoms with Crippen molar-refractivity contribution in [3.8, 4) is 11.5 Å². The van der Waals surface area contributed by atoms with Crippen LogP contribution in [0.25, 0.3) is 11.5 Å². The highest BCUT2D eigenvalue weighted by atomic mass is 35.5. The first kappa shape index (κ1) is 13.4. The molecule has 0 saturated heterocycles. The third-order valence-corrected chi connectivity index (χ3v) is 4.36. The zero-order chi connectivity index (χ0) is 14.1. The van der Waals surface area contributed by atoms with Crippen LogP contribution in [0, 0.1) is 5.92 Å². The molecule has 3 rings (SSSR count). The van der Waals surface area contributed by atoms with Crippen molar-refractivity contribution in [1.29, 1.82) is 0 Å². The number of para-hydroxylation sites is 1. The Balaban J connectivity index is 1.88. The van der Waals surface area contributed by atoms with Crippen molar-refractivity contribution in [2.75, 3.05) is 5.73 Å². The van der Waals surface area contributed by atoms with Gasteiger partial charge < -0.3 is 10.3 Å². The summed E-state index contributed by atoms with van der Waals surface area (Å²) in [5, 5.41) is 4.64. The Kier molecular flexibility index (Phi) is 3.66. The molecule has 5 heteroatoms. The van der Waals surface area contributed by atoms with Crippen molar-refractivity contribution in [2.24, 2.45) is 5.92 Å². The van der Waals surface area contributed by atoms with E-state index in [0.29, 0.717) is 28.1 Å². The molecule has 1 saturated carbocycles. The molecule has 1 aliphatic carbocycles. The number of hydrogen-bond acceptors (Lipinski definition) is 4. The number of aromatic nitrogens is 2. The third-order valence-electron chi connectivity index (χ3n) is 4.03. The average molecular weight is 292 g/mol. The lowest BCUT2D eigenvalue weighted by molar-refractivity contribution is 0.324. The zero-order valence-corrected chi connectivity index (χ0v) is 12.2. The molecule has 106 valence electrons. The maximum absolute atomic E-state index is 6.02. The fraction of sp³-hybridized carbons (Fsp3) is 0.467. The van der Waals surface area contributed by atoms with Crippen LogP contribution >= 0.6 is 11.6 Å². The van der Waals surface area contributed by atoms with E-state index in [1.165, 1.54) is 12.8 Å². The second kappa shape index (κ2) is 5.44. The van der Waals surface area contributed by atoms with Crippen LogP contribution in [0.15, 0.2) is 22.7 Å². The van der Waals surface area contributed by atoms with Crippen LogP contribution in [0.4, 0.5) is 5.69 Å². The van der Waals surface area contributed by atoms with Gasteiger partial charge in [0.15, 0.2) is 5.82 Å². The first-order valence-corrected chi connectivity index (χ1v) is 7.41. The van der Waals surface area contributed by atoms with Gasteiger partial charge in [0, 0.05) is 5.92 Å².